The number of benzene rings is 4. The van der Waals surface area contributed by atoms with E-state index in [0.717, 1.165) is 61.5 Å². The zero-order valence-electron chi connectivity index (χ0n) is 25.7. The molecular weight excluding hydrogens is 562 g/mol. The first-order valence-corrected chi connectivity index (χ1v) is 15.6. The standard InChI is InChI=1S/C30H29NO.C9H8O4/c1-20-19-22(31-17-4-5-18-31)12-14-23(20)30(32)29-10-6-9-25-27-13-11-21-7-2-3-8-24(21)26(27)15-16-28(25)29;1-5-2-3-6(8(10)11)4-7(5)9(12)13/h2-3,7-8,11-12,14-16,19H,4-6,9-10,13,17-18H2,1H3;2-4H,1H3,(H,10,11)(H,12,13). The van der Waals surface area contributed by atoms with Crippen molar-refractivity contribution in [1.82, 2.24) is 0 Å². The Kier molecular flexibility index (Phi) is 8.40. The highest BCUT2D eigenvalue weighted by Gasteiger charge is 2.23. The summed E-state index contributed by atoms with van der Waals surface area (Å²) in [6.07, 6.45) is 8.82. The summed E-state index contributed by atoms with van der Waals surface area (Å²) in [6, 6.07) is 23.6. The van der Waals surface area contributed by atoms with Crippen molar-refractivity contribution in [3.63, 3.8) is 0 Å². The molecule has 228 valence electrons. The quantitative estimate of drug-likeness (QED) is 0.274. The van der Waals surface area contributed by atoms with Crippen LogP contribution in [0.4, 0.5) is 5.69 Å². The number of carboxylic acids is 2. The predicted octanol–water partition coefficient (Wildman–Crippen LogP) is 5.98. The van der Waals surface area contributed by atoms with Gasteiger partial charge in [0.2, 0.25) is 0 Å². The molecule has 1 heterocycles. The first-order chi connectivity index (χ1) is 21.7. The van der Waals surface area contributed by atoms with Crippen LogP contribution in [0.1, 0.15) is 79.0 Å². The molecule has 0 radical (unpaired) electrons. The number of carboxylic acid groups (broad SMARTS) is 2. The van der Waals surface area contributed by atoms with Gasteiger partial charge in [-0.05, 0) is 126 Å². The van der Waals surface area contributed by atoms with Gasteiger partial charge in [0.05, 0.1) is 11.1 Å². The number of hydrogen-bond donors (Lipinski definition) is 2. The summed E-state index contributed by atoms with van der Waals surface area (Å²) in [7, 11) is 0. The minimum Gasteiger partial charge on any atom is -0.478 e. The molecule has 0 unspecified atom stereocenters. The summed E-state index contributed by atoms with van der Waals surface area (Å²) < 4.78 is 0. The van der Waals surface area contributed by atoms with Crippen molar-refractivity contribution in [1.29, 1.82) is 0 Å². The van der Waals surface area contributed by atoms with Crippen molar-refractivity contribution < 1.29 is 24.6 Å². The topological polar surface area (TPSA) is 94.9 Å². The molecule has 45 heavy (non-hydrogen) atoms. The summed E-state index contributed by atoms with van der Waals surface area (Å²) in [4.78, 5) is 37.3. The van der Waals surface area contributed by atoms with Crippen molar-refractivity contribution in [2.75, 3.05) is 18.0 Å². The Morgan fingerprint density at radius 3 is 2.16 bits per heavy atom. The Morgan fingerprint density at radius 1 is 0.667 bits per heavy atom. The smallest absolute Gasteiger partial charge is 0.335 e. The lowest BCUT2D eigenvalue weighted by Crippen LogP contribution is -2.26. The van der Waals surface area contributed by atoms with Crippen LogP contribution < -0.4 is 15.3 Å². The van der Waals surface area contributed by atoms with E-state index in [2.05, 4.69) is 72.5 Å². The monoisotopic (exact) mass is 599 g/mol. The van der Waals surface area contributed by atoms with Crippen LogP contribution in [-0.2, 0) is 12.8 Å². The third-order valence-corrected chi connectivity index (χ3v) is 9.30. The Hall–Kier alpha value is -4.97. The number of rotatable bonds is 5. The third kappa shape index (κ3) is 5.93. The van der Waals surface area contributed by atoms with Gasteiger partial charge < -0.3 is 15.1 Å². The van der Waals surface area contributed by atoms with E-state index in [-0.39, 0.29) is 16.9 Å². The first kappa shape index (κ1) is 30.1. The number of Topliss-reactive ketones (excluding diaryl/α,β-unsaturated/α-hetero) is 1. The van der Waals surface area contributed by atoms with Gasteiger partial charge in [-0.2, -0.15) is 0 Å². The highest BCUT2D eigenvalue weighted by atomic mass is 16.4. The fourth-order valence-electron chi connectivity index (χ4n) is 6.91. The molecule has 4 aromatic rings. The van der Waals surface area contributed by atoms with Crippen molar-refractivity contribution >= 4 is 35.1 Å². The largest absolute Gasteiger partial charge is 0.478 e. The molecule has 3 aliphatic rings. The first-order valence-electron chi connectivity index (χ1n) is 15.6. The highest BCUT2D eigenvalue weighted by molar-refractivity contribution is 6.25. The summed E-state index contributed by atoms with van der Waals surface area (Å²) in [5.41, 5.74) is 7.62. The molecular formula is C39H37NO5. The second kappa shape index (κ2) is 12.6. The molecule has 6 heteroatoms. The van der Waals surface area contributed by atoms with Crippen LogP contribution >= 0.6 is 0 Å². The molecule has 2 N–H and O–H groups in total. The zero-order chi connectivity index (χ0) is 31.7. The maximum absolute atomic E-state index is 13.7. The number of hydrogen-bond acceptors (Lipinski definition) is 4. The summed E-state index contributed by atoms with van der Waals surface area (Å²) in [5, 5.41) is 22.5. The number of carbonyl (C=O) groups excluding carboxylic acids is 1. The molecule has 0 atom stereocenters. The van der Waals surface area contributed by atoms with Gasteiger partial charge in [0.1, 0.15) is 0 Å². The van der Waals surface area contributed by atoms with Gasteiger partial charge in [0, 0.05) is 29.9 Å². The summed E-state index contributed by atoms with van der Waals surface area (Å²) in [6.45, 7) is 5.97. The molecule has 1 aliphatic heterocycles. The number of ketones is 1. The van der Waals surface area contributed by atoms with E-state index in [1.54, 1.807) is 6.92 Å². The molecule has 0 aromatic heterocycles. The van der Waals surface area contributed by atoms with Crippen LogP contribution in [0.25, 0.3) is 11.6 Å². The van der Waals surface area contributed by atoms with E-state index in [1.807, 2.05) is 0 Å². The zero-order valence-corrected chi connectivity index (χ0v) is 25.7. The van der Waals surface area contributed by atoms with Gasteiger partial charge in [-0.25, -0.2) is 9.59 Å². The Balaban J connectivity index is 0.000000232. The molecule has 4 aromatic carbocycles. The number of nitrogens with zero attached hydrogens (tertiary/aromatic N) is 1. The number of carbonyl (C=O) groups is 3. The lowest BCUT2D eigenvalue weighted by atomic mass is 9.83. The highest BCUT2D eigenvalue weighted by Crippen LogP contribution is 2.28. The Morgan fingerprint density at radius 2 is 1.42 bits per heavy atom. The second-order valence-corrected chi connectivity index (χ2v) is 12.1. The van der Waals surface area contributed by atoms with E-state index in [0.29, 0.717) is 5.56 Å². The molecule has 0 amide bonds. The van der Waals surface area contributed by atoms with E-state index < -0.39 is 11.9 Å². The minimum absolute atomic E-state index is 0.0111. The second-order valence-electron chi connectivity index (χ2n) is 12.1. The normalized spacial score (nSPS) is 14.7. The average molecular weight is 600 g/mol. The van der Waals surface area contributed by atoms with Gasteiger partial charge in [0.25, 0.3) is 0 Å². The van der Waals surface area contributed by atoms with Crippen molar-refractivity contribution in [3.05, 3.63) is 133 Å². The van der Waals surface area contributed by atoms with Gasteiger partial charge in [0.15, 0.2) is 5.78 Å². The van der Waals surface area contributed by atoms with Gasteiger partial charge >= 0.3 is 11.9 Å². The molecule has 1 fully saturated rings. The van der Waals surface area contributed by atoms with Crippen molar-refractivity contribution in [2.45, 2.75) is 52.4 Å². The Labute approximate surface area is 262 Å². The summed E-state index contributed by atoms with van der Waals surface area (Å²) >= 11 is 0. The van der Waals surface area contributed by atoms with E-state index in [9.17, 15) is 14.4 Å². The lowest BCUT2D eigenvalue weighted by Gasteiger charge is -2.22. The van der Waals surface area contributed by atoms with E-state index in [1.165, 1.54) is 62.7 Å². The molecule has 7 rings (SSSR count). The maximum atomic E-state index is 13.7. The summed E-state index contributed by atoms with van der Waals surface area (Å²) in [5.74, 6) is -2.01. The molecule has 6 nitrogen and oxygen atoms in total. The molecule has 0 saturated carbocycles. The van der Waals surface area contributed by atoms with Crippen LogP contribution in [0, 0.1) is 24.3 Å². The van der Waals surface area contributed by atoms with Gasteiger partial charge in [-0.1, -0.05) is 48.5 Å². The number of aryl methyl sites for hydroxylation is 2. The van der Waals surface area contributed by atoms with Crippen LogP contribution in [0.2, 0.25) is 0 Å². The SMILES string of the molecule is Cc1cc(N2CCCC2)ccc1C(=O)C1=c2ccc3c(c2CCC1)CC=c1ccccc1=3.Cc1ccc(C(=O)O)cc1C(=O)O. The predicted molar refractivity (Wildman–Crippen MR) is 176 cm³/mol. The van der Waals surface area contributed by atoms with E-state index >= 15 is 0 Å². The van der Waals surface area contributed by atoms with Crippen LogP contribution in [0.5, 0.6) is 0 Å². The van der Waals surface area contributed by atoms with Crippen molar-refractivity contribution in [2.24, 2.45) is 0 Å². The van der Waals surface area contributed by atoms with E-state index in [4.69, 9.17) is 10.2 Å². The molecule has 0 bridgehead atoms. The molecule has 0 spiro atoms. The van der Waals surface area contributed by atoms with Crippen molar-refractivity contribution in [3.8, 4) is 0 Å². The number of anilines is 1. The van der Waals surface area contributed by atoms with Crippen LogP contribution in [0.3, 0.4) is 0 Å². The third-order valence-electron chi connectivity index (χ3n) is 9.30. The fourth-order valence-corrected chi connectivity index (χ4v) is 6.91. The number of fused-ring (bicyclic) bond motifs is 4. The van der Waals surface area contributed by atoms with Gasteiger partial charge in [-0.15, -0.1) is 0 Å². The van der Waals surface area contributed by atoms with Crippen LogP contribution in [-0.4, -0.2) is 41.0 Å². The molecule has 2 aliphatic carbocycles. The number of aromatic carboxylic acids is 2. The van der Waals surface area contributed by atoms with Crippen LogP contribution in [0.15, 0.2) is 72.8 Å². The van der Waals surface area contributed by atoms with Gasteiger partial charge in [-0.3, -0.25) is 4.79 Å². The molecule has 1 saturated heterocycles. The average Bonchev–Trinajstić information content (AvgIpc) is 3.59. The lowest BCUT2D eigenvalue weighted by molar-refractivity contribution is 0.0695. The Bertz CT molecular complexity index is 2070. The fraction of sp³-hybridized carbons (Fsp3) is 0.256. The minimum atomic E-state index is -1.12. The maximum Gasteiger partial charge on any atom is 0.335 e.